The van der Waals surface area contributed by atoms with E-state index < -0.39 is 18.1 Å². The van der Waals surface area contributed by atoms with Gasteiger partial charge in [-0.3, -0.25) is 9.69 Å². The van der Waals surface area contributed by atoms with Crippen molar-refractivity contribution >= 4 is 17.8 Å². The molecule has 1 aliphatic heterocycles. The average Bonchev–Trinajstić information content (AvgIpc) is 3.14. The minimum atomic E-state index is -0.718. The maximum atomic E-state index is 12.5. The number of rotatable bonds is 4. The molecule has 1 saturated heterocycles. The summed E-state index contributed by atoms with van der Waals surface area (Å²) in [5, 5.41) is 0. The number of ether oxygens (including phenoxy) is 2. The molecule has 6 nitrogen and oxygen atoms in total. The fraction of sp³-hybridized carbons (Fsp3) is 0.500. The first kappa shape index (κ1) is 16.5. The number of carbonyl (C=O) groups is 3. The van der Waals surface area contributed by atoms with Crippen molar-refractivity contribution in [3.05, 3.63) is 35.9 Å². The minimum absolute atomic E-state index is 0.118. The van der Waals surface area contributed by atoms with Crippen LogP contribution in [-0.2, 0) is 25.7 Å². The lowest BCUT2D eigenvalue weighted by molar-refractivity contribution is -0.149. The van der Waals surface area contributed by atoms with E-state index in [0.717, 1.165) is 5.56 Å². The summed E-state index contributed by atoms with van der Waals surface area (Å²) in [4.78, 5) is 38.1. The van der Waals surface area contributed by atoms with Crippen LogP contribution < -0.4 is 0 Å². The van der Waals surface area contributed by atoms with E-state index in [-0.39, 0.29) is 37.4 Å². The molecule has 2 aliphatic rings. The second-order valence-corrected chi connectivity index (χ2v) is 6.16. The predicted octanol–water partition coefficient (Wildman–Crippen LogP) is 2.17. The summed E-state index contributed by atoms with van der Waals surface area (Å²) in [7, 11) is 0. The molecule has 1 aliphatic carbocycles. The molecule has 1 aromatic carbocycles. The topological polar surface area (TPSA) is 72.9 Å². The van der Waals surface area contributed by atoms with Crippen LogP contribution in [0.5, 0.6) is 0 Å². The van der Waals surface area contributed by atoms with Crippen molar-refractivity contribution in [1.29, 1.82) is 0 Å². The summed E-state index contributed by atoms with van der Waals surface area (Å²) in [6, 6.07) is 8.61. The van der Waals surface area contributed by atoms with Gasteiger partial charge < -0.3 is 9.47 Å². The quantitative estimate of drug-likeness (QED) is 0.791. The number of hydrogen-bond donors (Lipinski definition) is 0. The summed E-state index contributed by atoms with van der Waals surface area (Å²) < 4.78 is 10.5. The van der Waals surface area contributed by atoms with Gasteiger partial charge in [0.1, 0.15) is 18.4 Å². The largest absolute Gasteiger partial charge is 0.464 e. The van der Waals surface area contributed by atoms with Crippen LogP contribution in [0.15, 0.2) is 30.3 Å². The normalized spacial score (nSPS) is 25.5. The Morgan fingerprint density at radius 3 is 2.67 bits per heavy atom. The number of benzene rings is 1. The van der Waals surface area contributed by atoms with Crippen molar-refractivity contribution in [1.82, 2.24) is 4.90 Å². The fourth-order valence-electron chi connectivity index (χ4n) is 3.63. The Balaban J connectivity index is 1.71. The maximum Gasteiger partial charge on any atom is 0.410 e. The molecule has 24 heavy (non-hydrogen) atoms. The Bertz CT molecular complexity index is 630. The first-order valence-electron chi connectivity index (χ1n) is 8.28. The molecule has 1 aromatic rings. The van der Waals surface area contributed by atoms with Crippen LogP contribution in [0.1, 0.15) is 25.3 Å². The van der Waals surface area contributed by atoms with Gasteiger partial charge in [0.25, 0.3) is 0 Å². The highest BCUT2D eigenvalue weighted by Crippen LogP contribution is 2.41. The summed E-state index contributed by atoms with van der Waals surface area (Å²) >= 11 is 0. The van der Waals surface area contributed by atoms with Crippen LogP contribution in [0.25, 0.3) is 0 Å². The van der Waals surface area contributed by atoms with Gasteiger partial charge in [0.2, 0.25) is 0 Å². The first-order chi connectivity index (χ1) is 11.6. The van der Waals surface area contributed by atoms with E-state index in [4.69, 9.17) is 9.47 Å². The minimum Gasteiger partial charge on any atom is -0.464 e. The van der Waals surface area contributed by atoms with Crippen molar-refractivity contribution in [2.75, 3.05) is 13.2 Å². The lowest BCUT2D eigenvalue weighted by atomic mass is 9.94. The van der Waals surface area contributed by atoms with Gasteiger partial charge in [0, 0.05) is 24.8 Å². The zero-order valence-electron chi connectivity index (χ0n) is 13.6. The van der Waals surface area contributed by atoms with Gasteiger partial charge in [0.15, 0.2) is 0 Å². The van der Waals surface area contributed by atoms with Crippen molar-refractivity contribution in [3.8, 4) is 0 Å². The summed E-state index contributed by atoms with van der Waals surface area (Å²) in [6.07, 6.45) is 0.521. The standard InChI is InChI=1S/C18H21NO5/c1-2-23-17(21)16-13-8-9-15(20)14(13)10-19(16)18(22)24-11-12-6-4-3-5-7-12/h3-7,13-14,16H,2,8-11H2,1H3/t13-,14-,16?/m0/s1. The highest BCUT2D eigenvalue weighted by Gasteiger charge is 2.54. The highest BCUT2D eigenvalue weighted by molar-refractivity contribution is 5.90. The molecule has 1 unspecified atom stereocenters. The van der Waals surface area contributed by atoms with Crippen LogP contribution in [-0.4, -0.2) is 41.9 Å². The Hall–Kier alpha value is -2.37. The third kappa shape index (κ3) is 3.13. The van der Waals surface area contributed by atoms with Crippen molar-refractivity contribution in [2.45, 2.75) is 32.4 Å². The second-order valence-electron chi connectivity index (χ2n) is 6.16. The highest BCUT2D eigenvalue weighted by atomic mass is 16.6. The number of likely N-dealkylation sites (tertiary alicyclic amines) is 1. The molecule has 1 amide bonds. The van der Waals surface area contributed by atoms with Gasteiger partial charge in [-0.15, -0.1) is 0 Å². The van der Waals surface area contributed by atoms with E-state index in [9.17, 15) is 14.4 Å². The van der Waals surface area contributed by atoms with E-state index in [1.165, 1.54) is 4.90 Å². The molecule has 0 N–H and O–H groups in total. The molecule has 6 heteroatoms. The molecule has 3 atom stereocenters. The number of fused-ring (bicyclic) bond motifs is 1. The first-order valence-corrected chi connectivity index (χ1v) is 8.28. The Kier molecular flexibility index (Phi) is 4.83. The van der Waals surface area contributed by atoms with Gasteiger partial charge in [-0.25, -0.2) is 9.59 Å². The molecule has 1 saturated carbocycles. The second kappa shape index (κ2) is 7.03. The van der Waals surface area contributed by atoms with E-state index >= 15 is 0 Å². The molecule has 128 valence electrons. The molecular weight excluding hydrogens is 310 g/mol. The van der Waals surface area contributed by atoms with Crippen LogP contribution in [0.2, 0.25) is 0 Å². The predicted molar refractivity (Wildman–Crippen MR) is 85.0 cm³/mol. The van der Waals surface area contributed by atoms with E-state index in [1.54, 1.807) is 6.92 Å². The van der Waals surface area contributed by atoms with Gasteiger partial charge in [-0.2, -0.15) is 0 Å². The van der Waals surface area contributed by atoms with Crippen LogP contribution >= 0.6 is 0 Å². The Morgan fingerprint density at radius 1 is 1.21 bits per heavy atom. The van der Waals surface area contributed by atoms with Crippen LogP contribution in [0.3, 0.4) is 0 Å². The fourth-order valence-corrected chi connectivity index (χ4v) is 3.63. The van der Waals surface area contributed by atoms with Gasteiger partial charge >= 0.3 is 12.1 Å². The SMILES string of the molecule is CCOC(=O)C1[C@H]2CCC(=O)[C@H]2CN1C(=O)OCc1ccccc1. The number of amides is 1. The number of ketones is 1. The molecule has 2 fully saturated rings. The molecular formula is C18H21NO5. The smallest absolute Gasteiger partial charge is 0.410 e. The van der Waals surface area contributed by atoms with Gasteiger partial charge in [-0.1, -0.05) is 30.3 Å². The summed E-state index contributed by atoms with van der Waals surface area (Å²) in [5.74, 6) is -0.756. The number of carbonyl (C=O) groups excluding carboxylic acids is 3. The van der Waals surface area contributed by atoms with E-state index in [2.05, 4.69) is 0 Å². The lowest BCUT2D eigenvalue weighted by Crippen LogP contribution is -2.44. The monoisotopic (exact) mass is 331 g/mol. The van der Waals surface area contributed by atoms with E-state index in [1.807, 2.05) is 30.3 Å². The Labute approximate surface area is 140 Å². The van der Waals surface area contributed by atoms with Crippen molar-refractivity contribution < 1.29 is 23.9 Å². The summed E-state index contributed by atoms with van der Waals surface area (Å²) in [6.45, 7) is 2.34. The number of hydrogen-bond acceptors (Lipinski definition) is 5. The van der Waals surface area contributed by atoms with E-state index in [0.29, 0.717) is 12.8 Å². The van der Waals surface area contributed by atoms with Crippen molar-refractivity contribution in [2.24, 2.45) is 11.8 Å². The van der Waals surface area contributed by atoms with Gasteiger partial charge in [0.05, 0.1) is 6.61 Å². The average molecular weight is 331 g/mol. The zero-order valence-corrected chi connectivity index (χ0v) is 13.6. The zero-order chi connectivity index (χ0) is 17.1. The Morgan fingerprint density at radius 2 is 1.96 bits per heavy atom. The third-order valence-corrected chi connectivity index (χ3v) is 4.76. The number of nitrogens with zero attached hydrogens (tertiary/aromatic N) is 1. The molecule has 0 bridgehead atoms. The third-order valence-electron chi connectivity index (χ3n) is 4.76. The van der Waals surface area contributed by atoms with Crippen molar-refractivity contribution in [3.63, 3.8) is 0 Å². The molecule has 0 spiro atoms. The lowest BCUT2D eigenvalue weighted by Gasteiger charge is -2.25. The number of Topliss-reactive ketones (excluding diaryl/α,β-unsaturated/α-hetero) is 1. The number of esters is 1. The van der Waals surface area contributed by atoms with Crippen LogP contribution in [0, 0.1) is 11.8 Å². The maximum absolute atomic E-state index is 12.5. The van der Waals surface area contributed by atoms with Crippen LogP contribution in [0.4, 0.5) is 4.79 Å². The summed E-state index contributed by atoms with van der Waals surface area (Å²) in [5.41, 5.74) is 0.869. The molecule has 0 radical (unpaired) electrons. The molecule has 0 aromatic heterocycles. The molecule has 1 heterocycles. The molecule has 3 rings (SSSR count). The van der Waals surface area contributed by atoms with Gasteiger partial charge in [-0.05, 0) is 18.9 Å².